The number of hydrogen-bond donors (Lipinski definition) is 2. The number of carbonyl (C=O) groups excluding carboxylic acids is 1. The minimum absolute atomic E-state index is 0.0589. The van der Waals surface area contributed by atoms with Crippen molar-refractivity contribution in [2.24, 2.45) is 11.8 Å². The van der Waals surface area contributed by atoms with Crippen LogP contribution in [0, 0.1) is 11.8 Å². The topological polar surface area (TPSA) is 90.7 Å². The molecule has 136 valence electrons. The maximum Gasteiger partial charge on any atom is 0.355 e. The number of carboxylic acids is 1. The molecule has 0 radical (unpaired) electrons. The highest BCUT2D eigenvalue weighted by molar-refractivity contribution is 7.09. The van der Waals surface area contributed by atoms with Gasteiger partial charge in [-0.05, 0) is 11.8 Å². The molecule has 24 heavy (non-hydrogen) atoms. The molecule has 1 heterocycles. The summed E-state index contributed by atoms with van der Waals surface area (Å²) >= 11 is 1.13. The number of carboxylic acid groups (broad SMARTS) is 1. The van der Waals surface area contributed by atoms with Crippen molar-refractivity contribution in [2.75, 3.05) is 7.05 Å². The minimum Gasteiger partial charge on any atom is -0.476 e. The van der Waals surface area contributed by atoms with E-state index in [-0.39, 0.29) is 23.6 Å². The summed E-state index contributed by atoms with van der Waals surface area (Å²) in [6, 6.07) is -0.131. The van der Waals surface area contributed by atoms with Gasteiger partial charge in [0.05, 0.1) is 0 Å². The SMILES string of the molecule is CC[C@H](C)CC(=O)N(C)C(CC(O)c1nc(C(=O)O)cs1)C(C)C. The van der Waals surface area contributed by atoms with Gasteiger partial charge in [0.2, 0.25) is 5.91 Å². The highest BCUT2D eigenvalue weighted by atomic mass is 32.1. The fourth-order valence-corrected chi connectivity index (χ4v) is 3.31. The third-order valence-electron chi connectivity index (χ3n) is 4.37. The van der Waals surface area contributed by atoms with Crippen LogP contribution in [0.3, 0.4) is 0 Å². The summed E-state index contributed by atoms with van der Waals surface area (Å²) in [4.78, 5) is 29.0. The number of aliphatic hydroxyl groups is 1. The molecule has 3 atom stereocenters. The van der Waals surface area contributed by atoms with Gasteiger partial charge >= 0.3 is 5.97 Å². The molecule has 1 aromatic rings. The molecule has 2 N–H and O–H groups in total. The van der Waals surface area contributed by atoms with E-state index in [0.29, 0.717) is 23.8 Å². The maximum atomic E-state index is 12.4. The van der Waals surface area contributed by atoms with Crippen molar-refractivity contribution >= 4 is 23.2 Å². The first-order valence-corrected chi connectivity index (χ1v) is 9.17. The Kier molecular flexibility index (Phi) is 7.83. The Morgan fingerprint density at radius 3 is 2.42 bits per heavy atom. The van der Waals surface area contributed by atoms with E-state index in [1.807, 2.05) is 20.8 Å². The van der Waals surface area contributed by atoms with E-state index in [4.69, 9.17) is 5.11 Å². The lowest BCUT2D eigenvalue weighted by Gasteiger charge is -2.33. The van der Waals surface area contributed by atoms with Crippen LogP contribution < -0.4 is 0 Å². The average molecular weight is 356 g/mol. The van der Waals surface area contributed by atoms with Crippen LogP contribution in [-0.2, 0) is 4.79 Å². The van der Waals surface area contributed by atoms with Crippen LogP contribution in [-0.4, -0.2) is 45.1 Å². The summed E-state index contributed by atoms with van der Waals surface area (Å²) in [5.41, 5.74) is -0.0589. The van der Waals surface area contributed by atoms with Crippen molar-refractivity contribution in [1.29, 1.82) is 0 Å². The zero-order chi connectivity index (χ0) is 18.4. The first kappa shape index (κ1) is 20.6. The molecule has 7 heteroatoms. The Balaban J connectivity index is 2.80. The Hall–Kier alpha value is -1.47. The van der Waals surface area contributed by atoms with Crippen molar-refractivity contribution < 1.29 is 19.8 Å². The molecule has 2 unspecified atom stereocenters. The van der Waals surface area contributed by atoms with Crippen LogP contribution in [0.2, 0.25) is 0 Å². The van der Waals surface area contributed by atoms with Crippen LogP contribution in [0.5, 0.6) is 0 Å². The fraction of sp³-hybridized carbons (Fsp3) is 0.706. The van der Waals surface area contributed by atoms with Crippen LogP contribution in [0.25, 0.3) is 0 Å². The molecule has 0 bridgehead atoms. The molecule has 0 aromatic carbocycles. The van der Waals surface area contributed by atoms with Crippen LogP contribution in [0.1, 0.15) is 68.6 Å². The largest absolute Gasteiger partial charge is 0.476 e. The number of amides is 1. The molecule has 0 saturated heterocycles. The molecule has 1 rings (SSSR count). The molecule has 0 aliphatic heterocycles. The first-order chi connectivity index (χ1) is 11.2. The van der Waals surface area contributed by atoms with Gasteiger partial charge in [-0.3, -0.25) is 4.79 Å². The smallest absolute Gasteiger partial charge is 0.355 e. The number of aromatic nitrogens is 1. The van der Waals surface area contributed by atoms with Crippen molar-refractivity contribution in [3.8, 4) is 0 Å². The highest BCUT2D eigenvalue weighted by Gasteiger charge is 2.28. The van der Waals surface area contributed by atoms with Crippen molar-refractivity contribution in [3.63, 3.8) is 0 Å². The molecule has 1 amide bonds. The van der Waals surface area contributed by atoms with Crippen LogP contribution >= 0.6 is 11.3 Å². The summed E-state index contributed by atoms with van der Waals surface area (Å²) in [6.45, 7) is 8.13. The Labute approximate surface area is 147 Å². The van der Waals surface area contributed by atoms with E-state index in [9.17, 15) is 14.7 Å². The van der Waals surface area contributed by atoms with Gasteiger partial charge in [0, 0.05) is 31.3 Å². The summed E-state index contributed by atoms with van der Waals surface area (Å²) < 4.78 is 0. The third kappa shape index (κ3) is 5.56. The Bertz CT molecular complexity index is 559. The fourth-order valence-electron chi connectivity index (χ4n) is 2.52. The van der Waals surface area contributed by atoms with Gasteiger partial charge in [0.1, 0.15) is 11.1 Å². The third-order valence-corrected chi connectivity index (χ3v) is 5.32. The van der Waals surface area contributed by atoms with Gasteiger partial charge in [0.25, 0.3) is 0 Å². The molecular formula is C17H28N2O4S. The van der Waals surface area contributed by atoms with Crippen molar-refractivity contribution in [3.05, 3.63) is 16.1 Å². The lowest BCUT2D eigenvalue weighted by molar-refractivity contribution is -0.134. The van der Waals surface area contributed by atoms with E-state index >= 15 is 0 Å². The lowest BCUT2D eigenvalue weighted by atomic mass is 9.95. The van der Waals surface area contributed by atoms with Gasteiger partial charge in [-0.1, -0.05) is 34.1 Å². The Morgan fingerprint density at radius 2 is 1.96 bits per heavy atom. The maximum absolute atomic E-state index is 12.4. The molecule has 0 saturated carbocycles. The van der Waals surface area contributed by atoms with Crippen LogP contribution in [0.4, 0.5) is 0 Å². The second kappa shape index (κ2) is 9.13. The monoisotopic (exact) mass is 356 g/mol. The summed E-state index contributed by atoms with van der Waals surface area (Å²) in [5.74, 6) is -0.536. The van der Waals surface area contributed by atoms with Gasteiger partial charge in [-0.2, -0.15) is 0 Å². The number of aromatic carboxylic acids is 1. The second-order valence-electron chi connectivity index (χ2n) is 6.66. The number of aliphatic hydroxyl groups excluding tert-OH is 1. The number of hydrogen-bond acceptors (Lipinski definition) is 5. The van der Waals surface area contributed by atoms with E-state index < -0.39 is 12.1 Å². The van der Waals surface area contributed by atoms with Crippen molar-refractivity contribution in [1.82, 2.24) is 9.88 Å². The molecule has 6 nitrogen and oxygen atoms in total. The predicted molar refractivity (Wildman–Crippen MR) is 94.1 cm³/mol. The predicted octanol–water partition coefficient (Wildman–Crippen LogP) is 3.18. The average Bonchev–Trinajstić information content (AvgIpc) is 3.01. The standard InChI is InChI=1S/C17H28N2O4S/c1-6-11(4)7-15(21)19(5)13(10(2)3)8-14(20)16-18-12(9-24-16)17(22)23/h9-11,13-14,20H,6-8H2,1-5H3,(H,22,23)/t11-,13?,14?/m0/s1. The molecule has 0 aliphatic carbocycles. The number of rotatable bonds is 9. The van der Waals surface area contributed by atoms with Gasteiger partial charge < -0.3 is 15.1 Å². The zero-order valence-corrected chi connectivity index (χ0v) is 15.8. The van der Waals surface area contributed by atoms with Crippen molar-refractivity contribution in [2.45, 2.75) is 59.1 Å². The summed E-state index contributed by atoms with van der Waals surface area (Å²) in [5, 5.41) is 21.1. The van der Waals surface area contributed by atoms with Crippen LogP contribution in [0.15, 0.2) is 5.38 Å². The van der Waals surface area contributed by atoms with E-state index in [2.05, 4.69) is 11.9 Å². The number of nitrogens with zero attached hydrogens (tertiary/aromatic N) is 2. The first-order valence-electron chi connectivity index (χ1n) is 8.29. The lowest BCUT2D eigenvalue weighted by Crippen LogP contribution is -2.41. The quantitative estimate of drug-likeness (QED) is 0.709. The second-order valence-corrected chi connectivity index (χ2v) is 7.55. The van der Waals surface area contributed by atoms with E-state index in [0.717, 1.165) is 17.8 Å². The molecule has 0 aliphatic rings. The molecular weight excluding hydrogens is 328 g/mol. The number of carbonyl (C=O) groups is 2. The summed E-state index contributed by atoms with van der Waals surface area (Å²) in [7, 11) is 1.77. The summed E-state index contributed by atoms with van der Waals surface area (Å²) in [6.07, 6.45) is 0.903. The minimum atomic E-state index is -1.11. The van der Waals surface area contributed by atoms with Gasteiger partial charge in [-0.25, -0.2) is 9.78 Å². The molecule has 0 fully saturated rings. The van der Waals surface area contributed by atoms with Gasteiger partial charge in [-0.15, -0.1) is 11.3 Å². The molecule has 0 spiro atoms. The Morgan fingerprint density at radius 1 is 1.33 bits per heavy atom. The zero-order valence-electron chi connectivity index (χ0n) is 15.0. The van der Waals surface area contributed by atoms with E-state index in [1.54, 1.807) is 11.9 Å². The highest BCUT2D eigenvalue weighted by Crippen LogP contribution is 2.27. The normalized spacial score (nSPS) is 15.1. The molecule has 1 aromatic heterocycles. The van der Waals surface area contributed by atoms with Gasteiger partial charge in [0.15, 0.2) is 5.69 Å². The van der Waals surface area contributed by atoms with E-state index in [1.165, 1.54) is 5.38 Å². The number of thiazole rings is 1.